The van der Waals surface area contributed by atoms with Crippen LogP contribution in [0.1, 0.15) is 65.7 Å². The van der Waals surface area contributed by atoms with E-state index in [-0.39, 0.29) is 52.4 Å². The average Bonchev–Trinajstić information content (AvgIpc) is 3.50. The molecule has 0 bridgehead atoms. The number of benzene rings is 3. The van der Waals surface area contributed by atoms with Gasteiger partial charge in [-0.2, -0.15) is 4.98 Å². The number of aromatic nitrogens is 2. The Labute approximate surface area is 374 Å². The molecule has 63 heavy (non-hydrogen) atoms. The number of fused-ring (bicyclic) bond motifs is 1. The van der Waals surface area contributed by atoms with E-state index < -0.39 is 27.0 Å². The second kappa shape index (κ2) is 19.6. The summed E-state index contributed by atoms with van der Waals surface area (Å²) in [6.07, 6.45) is 4.31. The van der Waals surface area contributed by atoms with Crippen LogP contribution in [0.4, 0.5) is 23.1 Å². The molecular weight excluding hydrogens is 844 g/mol. The number of carbonyl (C=O) groups excluding carboxylic acids is 3. The molecule has 2 saturated heterocycles. The van der Waals surface area contributed by atoms with Crippen LogP contribution in [0.3, 0.4) is 0 Å². The van der Waals surface area contributed by atoms with Crippen molar-refractivity contribution in [2.45, 2.75) is 75.2 Å². The fourth-order valence-corrected chi connectivity index (χ4v) is 9.71. The summed E-state index contributed by atoms with van der Waals surface area (Å²) in [6, 6.07) is 15.7. The molecule has 4 aromatic rings. The van der Waals surface area contributed by atoms with Crippen molar-refractivity contribution in [3.63, 3.8) is 0 Å². The van der Waals surface area contributed by atoms with Crippen molar-refractivity contribution in [3.05, 3.63) is 100 Å². The van der Waals surface area contributed by atoms with Crippen LogP contribution in [-0.2, 0) is 37.0 Å². The highest BCUT2D eigenvalue weighted by Crippen LogP contribution is 2.38. The lowest BCUT2D eigenvalue weighted by atomic mass is 9.98. The normalized spacial score (nSPS) is 18.3. The van der Waals surface area contributed by atoms with E-state index in [0.29, 0.717) is 41.4 Å². The summed E-state index contributed by atoms with van der Waals surface area (Å²) in [5.74, 6) is 0.114. The van der Waals surface area contributed by atoms with E-state index in [1.165, 1.54) is 11.1 Å². The maximum Gasteiger partial charge on any atom is 0.259 e. The molecule has 3 amide bonds. The van der Waals surface area contributed by atoms with E-state index in [4.69, 9.17) is 21.1 Å². The highest BCUT2D eigenvalue weighted by molar-refractivity contribution is 7.92. The number of para-hydroxylation sites is 1. The Balaban J connectivity index is 0.911. The number of amides is 3. The first-order chi connectivity index (χ1) is 30.1. The molecule has 15 nitrogen and oxygen atoms in total. The molecule has 2 fully saturated rings. The van der Waals surface area contributed by atoms with Crippen LogP contribution in [0.2, 0.25) is 5.02 Å². The monoisotopic (exact) mass is 898 g/mol. The number of halogens is 1. The number of methoxy groups -OCH3 is 1. The number of imide groups is 1. The van der Waals surface area contributed by atoms with Gasteiger partial charge in [0.2, 0.25) is 17.8 Å². The first kappa shape index (κ1) is 45.6. The molecule has 0 radical (unpaired) electrons. The molecule has 3 aromatic carbocycles. The van der Waals surface area contributed by atoms with Crippen molar-refractivity contribution in [3.8, 4) is 5.75 Å². The number of likely N-dealkylation sites (N-methyl/N-ethyl adjacent to an activating group) is 1. The molecule has 17 heteroatoms. The number of morpholine rings is 1. The number of hydrogen-bond donors (Lipinski definition) is 3. The quantitative estimate of drug-likeness (QED) is 0.103. The number of nitrogens with zero attached hydrogens (tertiary/aromatic N) is 5. The predicted molar refractivity (Wildman–Crippen MR) is 244 cm³/mol. The molecule has 0 spiro atoms. The molecule has 3 aliphatic heterocycles. The van der Waals surface area contributed by atoms with Gasteiger partial charge in [0.25, 0.3) is 5.91 Å². The zero-order chi connectivity index (χ0) is 45.0. The number of piperidine rings is 1. The van der Waals surface area contributed by atoms with E-state index in [2.05, 4.69) is 49.3 Å². The van der Waals surface area contributed by atoms with Crippen LogP contribution in [0, 0.1) is 6.92 Å². The zero-order valence-corrected chi connectivity index (χ0v) is 37.9. The summed E-state index contributed by atoms with van der Waals surface area (Å²) in [5, 5.41) is 8.32. The van der Waals surface area contributed by atoms with Crippen molar-refractivity contribution < 1.29 is 32.3 Å². The predicted octanol–water partition coefficient (Wildman–Crippen LogP) is 6.16. The van der Waals surface area contributed by atoms with Gasteiger partial charge in [0.05, 0.1) is 53.1 Å². The minimum absolute atomic E-state index is 0.0470. The first-order valence-electron chi connectivity index (χ1n) is 21.2. The number of aryl methyl sites for hydroxylation is 2. The Morgan fingerprint density at radius 1 is 1.06 bits per heavy atom. The lowest BCUT2D eigenvalue weighted by Gasteiger charge is -2.35. The Morgan fingerprint density at radius 3 is 2.62 bits per heavy atom. The van der Waals surface area contributed by atoms with Gasteiger partial charge < -0.3 is 25.0 Å². The maximum absolute atomic E-state index is 13.7. The highest BCUT2D eigenvalue weighted by atomic mass is 35.5. The Kier molecular flexibility index (Phi) is 14.2. The number of anilines is 4. The van der Waals surface area contributed by atoms with Gasteiger partial charge in [0, 0.05) is 43.9 Å². The lowest BCUT2D eigenvalue weighted by Crippen LogP contribution is -2.52. The topological polar surface area (TPSA) is 175 Å². The molecule has 4 heterocycles. The Hall–Kier alpha value is -5.39. The van der Waals surface area contributed by atoms with Crippen LogP contribution < -0.4 is 20.7 Å². The fraction of sp³-hybridized carbons (Fsp3) is 0.413. The molecule has 1 unspecified atom stereocenters. The molecule has 3 N–H and O–H groups in total. The second-order valence-corrected chi connectivity index (χ2v) is 19.4. The van der Waals surface area contributed by atoms with Crippen LogP contribution in [-0.4, -0.2) is 122 Å². The molecule has 334 valence electrons. The van der Waals surface area contributed by atoms with Crippen LogP contribution in [0.25, 0.3) is 5.70 Å². The number of hydrogen-bond acceptors (Lipinski definition) is 13. The van der Waals surface area contributed by atoms with Crippen molar-refractivity contribution >= 4 is 68.0 Å². The smallest absolute Gasteiger partial charge is 0.259 e. The molecule has 7 rings (SSSR count). The average molecular weight is 900 g/mol. The van der Waals surface area contributed by atoms with Gasteiger partial charge in [0.1, 0.15) is 16.8 Å². The minimum Gasteiger partial charge on any atom is -0.495 e. The van der Waals surface area contributed by atoms with E-state index in [1.807, 2.05) is 37.3 Å². The SMILES string of the molecule is C=C1c2cccc(CCCN3CCO[C@H](CN(C)CCc4cc(OC)c(Nc5ncc(Cl)c(Nc6ccccc6S(=O)(=O)C(C)C)n5)cc4C)C3)c2C(=O)N1C1CCC(=O)NC1=O. The zero-order valence-electron chi connectivity index (χ0n) is 36.4. The van der Waals surface area contributed by atoms with Crippen molar-refractivity contribution in [1.82, 2.24) is 30.0 Å². The highest BCUT2D eigenvalue weighted by Gasteiger charge is 2.42. The van der Waals surface area contributed by atoms with Gasteiger partial charge in [-0.3, -0.25) is 29.5 Å². The number of ether oxygens (including phenoxy) is 2. The number of sulfone groups is 1. The molecular formula is C46H55ClN8O7S. The summed E-state index contributed by atoms with van der Waals surface area (Å²) in [4.78, 5) is 53.3. The van der Waals surface area contributed by atoms with Crippen molar-refractivity contribution in [2.24, 2.45) is 0 Å². The van der Waals surface area contributed by atoms with E-state index in [0.717, 1.165) is 67.8 Å². The standard InChI is InChI=1S/C46H55ClN8O7S/c1-28(2)63(59,60)40-15-8-7-14-36(40)49-43-35(47)25-48-46(52-43)50-37-23-29(3)32(24-39(37)61-6)18-20-53(5)26-33-27-54(21-22-62-33)19-10-12-31-11-9-13-34-30(4)55(45(58)42(31)34)38-16-17-41(56)51-44(38)57/h7-9,11,13-15,23-25,28,33,38H,4,10,12,16-22,26-27H2,1-3,5-6H3,(H,51,56,57)(H2,48,49,50,52)/t33-,38?/m1/s1. The van der Waals surface area contributed by atoms with Gasteiger partial charge in [-0.05, 0) is 101 Å². The molecule has 0 aliphatic carbocycles. The van der Waals surface area contributed by atoms with Gasteiger partial charge in [-0.25, -0.2) is 13.4 Å². The first-order valence-corrected chi connectivity index (χ1v) is 23.1. The van der Waals surface area contributed by atoms with E-state index in [1.54, 1.807) is 45.2 Å². The third-order valence-corrected chi connectivity index (χ3v) is 14.3. The van der Waals surface area contributed by atoms with Gasteiger partial charge in [-0.1, -0.05) is 48.5 Å². The summed E-state index contributed by atoms with van der Waals surface area (Å²) in [7, 11) is 0.138. The van der Waals surface area contributed by atoms with Crippen LogP contribution >= 0.6 is 11.6 Å². The summed E-state index contributed by atoms with van der Waals surface area (Å²) in [5.41, 5.74) is 6.02. The maximum atomic E-state index is 13.7. The molecule has 2 atom stereocenters. The molecule has 1 aromatic heterocycles. The fourth-order valence-electron chi connectivity index (χ4n) is 8.37. The van der Waals surface area contributed by atoms with Crippen molar-refractivity contribution in [2.75, 3.05) is 64.1 Å². The number of nitrogens with one attached hydrogen (secondary N) is 3. The van der Waals surface area contributed by atoms with Gasteiger partial charge >= 0.3 is 0 Å². The third kappa shape index (κ3) is 10.2. The third-order valence-electron chi connectivity index (χ3n) is 11.8. The van der Waals surface area contributed by atoms with Gasteiger partial charge in [0.15, 0.2) is 15.7 Å². The van der Waals surface area contributed by atoms with E-state index >= 15 is 0 Å². The minimum atomic E-state index is -3.57. The summed E-state index contributed by atoms with van der Waals surface area (Å²) >= 11 is 6.47. The Bertz CT molecular complexity index is 2520. The number of rotatable bonds is 17. The largest absolute Gasteiger partial charge is 0.495 e. The number of carbonyl (C=O) groups is 3. The van der Waals surface area contributed by atoms with Crippen molar-refractivity contribution in [1.29, 1.82) is 0 Å². The lowest BCUT2D eigenvalue weighted by molar-refractivity contribution is -0.136. The second-order valence-electron chi connectivity index (χ2n) is 16.5. The molecule has 3 aliphatic rings. The molecule has 0 saturated carbocycles. The Morgan fingerprint density at radius 2 is 1.86 bits per heavy atom. The summed E-state index contributed by atoms with van der Waals surface area (Å²) < 4.78 is 38.1. The van der Waals surface area contributed by atoms with Gasteiger partial charge in [-0.15, -0.1) is 0 Å². The summed E-state index contributed by atoms with van der Waals surface area (Å²) in [6.45, 7) is 14.2. The van der Waals surface area contributed by atoms with Crippen LogP contribution in [0.5, 0.6) is 5.75 Å². The van der Waals surface area contributed by atoms with Crippen LogP contribution in [0.15, 0.2) is 72.3 Å². The van der Waals surface area contributed by atoms with E-state index in [9.17, 15) is 22.8 Å².